The summed E-state index contributed by atoms with van der Waals surface area (Å²) in [5, 5.41) is 3.20. The fourth-order valence-corrected chi connectivity index (χ4v) is 2.99. The van der Waals surface area contributed by atoms with Gasteiger partial charge in [0, 0.05) is 19.6 Å². The van der Waals surface area contributed by atoms with Crippen LogP contribution in [0.1, 0.15) is 19.3 Å². The molecule has 0 aromatic carbocycles. The van der Waals surface area contributed by atoms with Gasteiger partial charge in [-0.15, -0.1) is 0 Å². The molecule has 2 saturated carbocycles. The molecule has 0 aliphatic heterocycles. The zero-order chi connectivity index (χ0) is 9.26. The zero-order valence-corrected chi connectivity index (χ0v) is 8.92. The summed E-state index contributed by atoms with van der Waals surface area (Å²) in [5.41, 5.74) is 0. The van der Waals surface area contributed by atoms with E-state index < -0.39 is 0 Å². The maximum atomic E-state index is 3.20. The molecule has 1 N–H and O–H groups in total. The van der Waals surface area contributed by atoms with Crippen LogP contribution >= 0.6 is 0 Å². The van der Waals surface area contributed by atoms with E-state index in [0.717, 1.165) is 24.3 Å². The molecule has 0 saturated heterocycles. The van der Waals surface area contributed by atoms with Crippen molar-refractivity contribution < 1.29 is 0 Å². The number of nitrogens with one attached hydrogen (secondary N) is 1. The molecule has 13 heavy (non-hydrogen) atoms. The lowest BCUT2D eigenvalue weighted by atomic mass is 10.1. The number of fused-ring (bicyclic) bond motifs is 1. The number of rotatable bonds is 5. The molecule has 0 spiro atoms. The van der Waals surface area contributed by atoms with Crippen molar-refractivity contribution in [1.82, 2.24) is 10.2 Å². The van der Waals surface area contributed by atoms with Gasteiger partial charge in [-0.25, -0.2) is 0 Å². The van der Waals surface area contributed by atoms with E-state index in [1.807, 2.05) is 7.05 Å². The molecule has 2 aliphatic carbocycles. The zero-order valence-electron chi connectivity index (χ0n) is 8.92. The summed E-state index contributed by atoms with van der Waals surface area (Å²) >= 11 is 0. The molecule has 0 radical (unpaired) electrons. The van der Waals surface area contributed by atoms with Crippen LogP contribution in [0.3, 0.4) is 0 Å². The second kappa shape index (κ2) is 3.97. The Bertz CT molecular complexity index is 159. The van der Waals surface area contributed by atoms with Gasteiger partial charge in [0.25, 0.3) is 0 Å². The van der Waals surface area contributed by atoms with Crippen LogP contribution in [0.5, 0.6) is 0 Å². The number of hydrogen-bond acceptors (Lipinski definition) is 2. The molecule has 2 unspecified atom stereocenters. The molecule has 76 valence electrons. The molecular formula is C11H22N2. The summed E-state index contributed by atoms with van der Waals surface area (Å²) in [6.45, 7) is 3.67. The van der Waals surface area contributed by atoms with Crippen LogP contribution in [-0.2, 0) is 0 Å². The number of nitrogens with zero attached hydrogens (tertiary/aromatic N) is 1. The maximum Gasteiger partial charge on any atom is 0.0104 e. The highest BCUT2D eigenvalue weighted by molar-refractivity contribution is 5.01. The van der Waals surface area contributed by atoms with Gasteiger partial charge in [0.15, 0.2) is 0 Å². The summed E-state index contributed by atoms with van der Waals surface area (Å²) < 4.78 is 0. The number of hydrogen-bond donors (Lipinski definition) is 1. The highest BCUT2D eigenvalue weighted by atomic mass is 15.1. The molecule has 2 atom stereocenters. The SMILES string of the molecule is CNCCN(C)CC1C2CCCC21. The molecule has 0 heterocycles. The van der Waals surface area contributed by atoms with Crippen molar-refractivity contribution >= 4 is 0 Å². The van der Waals surface area contributed by atoms with Crippen molar-refractivity contribution in [1.29, 1.82) is 0 Å². The molecule has 0 aromatic rings. The van der Waals surface area contributed by atoms with Crippen LogP contribution in [0.2, 0.25) is 0 Å². The fraction of sp³-hybridized carbons (Fsp3) is 1.00. The van der Waals surface area contributed by atoms with Gasteiger partial charge in [-0.2, -0.15) is 0 Å². The first kappa shape index (κ1) is 9.47. The van der Waals surface area contributed by atoms with Gasteiger partial charge in [-0.05, 0) is 44.7 Å². The topological polar surface area (TPSA) is 15.3 Å². The van der Waals surface area contributed by atoms with E-state index in [9.17, 15) is 0 Å². The van der Waals surface area contributed by atoms with E-state index in [2.05, 4.69) is 17.3 Å². The van der Waals surface area contributed by atoms with Crippen molar-refractivity contribution in [2.24, 2.45) is 17.8 Å². The summed E-state index contributed by atoms with van der Waals surface area (Å²) in [6, 6.07) is 0. The minimum absolute atomic E-state index is 1.07. The largest absolute Gasteiger partial charge is 0.318 e. The third-order valence-corrected chi connectivity index (χ3v) is 3.85. The van der Waals surface area contributed by atoms with Crippen LogP contribution in [0.15, 0.2) is 0 Å². The second-order valence-electron chi connectivity index (χ2n) is 4.79. The van der Waals surface area contributed by atoms with E-state index in [4.69, 9.17) is 0 Å². The molecule has 2 nitrogen and oxygen atoms in total. The Morgan fingerprint density at radius 3 is 2.62 bits per heavy atom. The Labute approximate surface area is 81.7 Å². The van der Waals surface area contributed by atoms with Crippen molar-refractivity contribution in [2.75, 3.05) is 33.7 Å². The van der Waals surface area contributed by atoms with Crippen molar-refractivity contribution in [3.63, 3.8) is 0 Å². The average molecular weight is 182 g/mol. The Balaban J connectivity index is 1.62. The summed E-state index contributed by atoms with van der Waals surface area (Å²) in [5.74, 6) is 3.31. The second-order valence-corrected chi connectivity index (χ2v) is 4.79. The van der Waals surface area contributed by atoms with E-state index >= 15 is 0 Å². The van der Waals surface area contributed by atoms with Crippen LogP contribution < -0.4 is 5.32 Å². The minimum Gasteiger partial charge on any atom is -0.318 e. The Morgan fingerprint density at radius 1 is 1.31 bits per heavy atom. The van der Waals surface area contributed by atoms with Gasteiger partial charge in [-0.3, -0.25) is 0 Å². The van der Waals surface area contributed by atoms with E-state index in [0.29, 0.717) is 0 Å². The van der Waals surface area contributed by atoms with Gasteiger partial charge in [0.2, 0.25) is 0 Å². The third kappa shape index (κ3) is 2.05. The quantitative estimate of drug-likeness (QED) is 0.687. The first-order chi connectivity index (χ1) is 6.33. The van der Waals surface area contributed by atoms with Gasteiger partial charge < -0.3 is 10.2 Å². The maximum absolute atomic E-state index is 3.20. The van der Waals surface area contributed by atoms with E-state index in [1.54, 1.807) is 0 Å². The first-order valence-corrected chi connectivity index (χ1v) is 5.66. The lowest BCUT2D eigenvalue weighted by Gasteiger charge is -2.17. The van der Waals surface area contributed by atoms with Crippen molar-refractivity contribution in [3.05, 3.63) is 0 Å². The molecule has 0 aromatic heterocycles. The molecule has 2 heteroatoms. The van der Waals surface area contributed by atoms with Gasteiger partial charge in [-0.1, -0.05) is 6.42 Å². The Kier molecular flexibility index (Phi) is 2.89. The van der Waals surface area contributed by atoms with Crippen LogP contribution in [0, 0.1) is 17.8 Å². The standard InChI is InChI=1S/C11H22N2/c1-12-6-7-13(2)8-11-9-4-3-5-10(9)11/h9-12H,3-8H2,1-2H3. The predicted octanol–water partition coefficient (Wildman–Crippen LogP) is 1.18. The van der Waals surface area contributed by atoms with E-state index in [-0.39, 0.29) is 0 Å². The van der Waals surface area contributed by atoms with Crippen molar-refractivity contribution in [3.8, 4) is 0 Å². The molecule has 2 fully saturated rings. The number of likely N-dealkylation sites (N-methyl/N-ethyl adjacent to an activating group) is 2. The molecule has 0 amide bonds. The van der Waals surface area contributed by atoms with Gasteiger partial charge >= 0.3 is 0 Å². The fourth-order valence-electron chi connectivity index (χ4n) is 2.99. The average Bonchev–Trinajstić information content (AvgIpc) is 2.63. The molecule has 2 rings (SSSR count). The highest BCUT2D eigenvalue weighted by Crippen LogP contribution is 2.57. The predicted molar refractivity (Wildman–Crippen MR) is 55.7 cm³/mol. The monoisotopic (exact) mass is 182 g/mol. The summed E-state index contributed by atoms with van der Waals surface area (Å²) in [6.07, 6.45) is 4.55. The van der Waals surface area contributed by atoms with Crippen LogP contribution in [0.25, 0.3) is 0 Å². The Hall–Kier alpha value is -0.0800. The smallest absolute Gasteiger partial charge is 0.0104 e. The van der Waals surface area contributed by atoms with Crippen LogP contribution in [-0.4, -0.2) is 38.6 Å². The minimum atomic E-state index is 1.07. The van der Waals surface area contributed by atoms with E-state index in [1.165, 1.54) is 32.4 Å². The van der Waals surface area contributed by atoms with Crippen LogP contribution in [0.4, 0.5) is 0 Å². The summed E-state index contributed by atoms with van der Waals surface area (Å²) in [4.78, 5) is 2.49. The van der Waals surface area contributed by atoms with Gasteiger partial charge in [0.05, 0.1) is 0 Å². The molecular weight excluding hydrogens is 160 g/mol. The van der Waals surface area contributed by atoms with Gasteiger partial charge in [0.1, 0.15) is 0 Å². The third-order valence-electron chi connectivity index (χ3n) is 3.85. The first-order valence-electron chi connectivity index (χ1n) is 5.66. The lowest BCUT2D eigenvalue weighted by Crippen LogP contribution is -2.29. The lowest BCUT2D eigenvalue weighted by molar-refractivity contribution is 0.303. The normalized spacial score (nSPS) is 36.7. The molecule has 0 bridgehead atoms. The molecule has 2 aliphatic rings. The Morgan fingerprint density at radius 2 is 2.00 bits per heavy atom. The summed E-state index contributed by atoms with van der Waals surface area (Å²) in [7, 11) is 4.28. The van der Waals surface area contributed by atoms with Crippen molar-refractivity contribution in [2.45, 2.75) is 19.3 Å². The highest BCUT2D eigenvalue weighted by Gasteiger charge is 2.52.